The van der Waals surface area contributed by atoms with Gasteiger partial charge in [-0.05, 0) is 17.9 Å². The molecule has 1 atom stereocenters. The van der Waals surface area contributed by atoms with E-state index in [1.165, 1.54) is 16.7 Å². The zero-order valence-corrected chi connectivity index (χ0v) is 10.1. The number of aliphatic carboxylic acids is 1. The van der Waals surface area contributed by atoms with E-state index in [0.29, 0.717) is 5.56 Å². The van der Waals surface area contributed by atoms with E-state index in [0.717, 1.165) is 0 Å². The maximum atomic E-state index is 12.1. The van der Waals surface area contributed by atoms with Crippen LogP contribution in [0.5, 0.6) is 0 Å². The van der Waals surface area contributed by atoms with Gasteiger partial charge in [0.15, 0.2) is 0 Å². The average molecular weight is 281 g/mol. The third kappa shape index (κ3) is 4.02. The second-order valence-corrected chi connectivity index (χ2v) is 4.40. The normalized spacial score (nSPS) is 13.1. The fourth-order valence-electron chi connectivity index (χ4n) is 1.26. The van der Waals surface area contributed by atoms with E-state index in [4.69, 9.17) is 5.11 Å². The number of rotatable bonds is 4. The van der Waals surface area contributed by atoms with Gasteiger partial charge in [0.25, 0.3) is 5.91 Å². The zero-order chi connectivity index (χ0) is 13.9. The van der Waals surface area contributed by atoms with Gasteiger partial charge in [-0.15, -0.1) is 0 Å². The van der Waals surface area contributed by atoms with Crippen LogP contribution in [0.4, 0.5) is 13.2 Å². The average Bonchev–Trinajstić information content (AvgIpc) is 2.61. The monoisotopic (exact) mass is 281 g/mol. The van der Waals surface area contributed by atoms with Crippen molar-refractivity contribution in [1.82, 2.24) is 5.32 Å². The van der Waals surface area contributed by atoms with Gasteiger partial charge in [-0.1, -0.05) is 0 Å². The Hall–Kier alpha value is -1.57. The van der Waals surface area contributed by atoms with Crippen LogP contribution in [0.2, 0.25) is 0 Å². The fraction of sp³-hybridized carbons (Fsp3) is 0.400. The van der Waals surface area contributed by atoms with E-state index in [-0.39, 0.29) is 5.56 Å². The number of carboxylic acid groups (broad SMARTS) is 1. The molecule has 8 heteroatoms. The lowest BCUT2D eigenvalue weighted by molar-refractivity contribution is -0.157. The van der Waals surface area contributed by atoms with E-state index < -0.39 is 30.5 Å². The SMILES string of the molecule is Cc1cscc1C(=O)NC(CC(F)(F)F)C(=O)O. The van der Waals surface area contributed by atoms with Crippen molar-refractivity contribution in [3.8, 4) is 0 Å². The number of alkyl halides is 3. The second-order valence-electron chi connectivity index (χ2n) is 3.65. The van der Waals surface area contributed by atoms with Gasteiger partial charge >= 0.3 is 12.1 Å². The van der Waals surface area contributed by atoms with Crippen molar-refractivity contribution in [3.05, 3.63) is 21.9 Å². The third-order valence-electron chi connectivity index (χ3n) is 2.14. The van der Waals surface area contributed by atoms with E-state index in [1.807, 2.05) is 5.32 Å². The van der Waals surface area contributed by atoms with Gasteiger partial charge < -0.3 is 10.4 Å². The molecule has 0 aliphatic carbocycles. The third-order valence-corrected chi connectivity index (χ3v) is 3.00. The highest BCUT2D eigenvalue weighted by Crippen LogP contribution is 2.22. The fourth-order valence-corrected chi connectivity index (χ4v) is 2.09. The topological polar surface area (TPSA) is 66.4 Å². The van der Waals surface area contributed by atoms with Crippen molar-refractivity contribution in [2.45, 2.75) is 25.6 Å². The first-order valence-electron chi connectivity index (χ1n) is 4.84. The van der Waals surface area contributed by atoms with Crippen LogP contribution in [-0.4, -0.2) is 29.2 Å². The van der Waals surface area contributed by atoms with Gasteiger partial charge in [0.05, 0.1) is 12.0 Å². The highest BCUT2D eigenvalue weighted by molar-refractivity contribution is 7.08. The van der Waals surface area contributed by atoms with Gasteiger partial charge in [0.2, 0.25) is 0 Å². The van der Waals surface area contributed by atoms with Gasteiger partial charge in [-0.3, -0.25) is 4.79 Å². The van der Waals surface area contributed by atoms with Crippen LogP contribution in [0.3, 0.4) is 0 Å². The summed E-state index contributed by atoms with van der Waals surface area (Å²) in [5.41, 5.74) is 0.780. The van der Waals surface area contributed by atoms with Crippen LogP contribution in [-0.2, 0) is 4.79 Å². The van der Waals surface area contributed by atoms with E-state index in [1.54, 1.807) is 12.3 Å². The summed E-state index contributed by atoms with van der Waals surface area (Å²) in [5.74, 6) is -2.53. The lowest BCUT2D eigenvalue weighted by Crippen LogP contribution is -2.43. The largest absolute Gasteiger partial charge is 0.480 e. The Balaban J connectivity index is 2.76. The molecule has 1 unspecified atom stereocenters. The second kappa shape index (κ2) is 5.38. The maximum Gasteiger partial charge on any atom is 0.391 e. The molecule has 2 N–H and O–H groups in total. The molecule has 1 amide bonds. The predicted octanol–water partition coefficient (Wildman–Crippen LogP) is 2.19. The Kier molecular flexibility index (Phi) is 4.33. The van der Waals surface area contributed by atoms with E-state index in [9.17, 15) is 22.8 Å². The van der Waals surface area contributed by atoms with Gasteiger partial charge in [-0.2, -0.15) is 24.5 Å². The molecule has 0 aromatic carbocycles. The summed E-state index contributed by atoms with van der Waals surface area (Å²) in [7, 11) is 0. The van der Waals surface area contributed by atoms with Crippen molar-refractivity contribution in [2.75, 3.05) is 0 Å². The number of carbonyl (C=O) groups excluding carboxylic acids is 1. The molecule has 0 spiro atoms. The van der Waals surface area contributed by atoms with Crippen molar-refractivity contribution >= 4 is 23.2 Å². The molecule has 0 saturated heterocycles. The molecule has 1 aromatic heterocycles. The molecule has 0 aliphatic heterocycles. The predicted molar refractivity (Wildman–Crippen MR) is 58.6 cm³/mol. The summed E-state index contributed by atoms with van der Waals surface area (Å²) in [4.78, 5) is 22.2. The molecule has 18 heavy (non-hydrogen) atoms. The van der Waals surface area contributed by atoms with Crippen LogP contribution >= 0.6 is 11.3 Å². The summed E-state index contributed by atoms with van der Waals surface area (Å²) in [6.45, 7) is 1.62. The quantitative estimate of drug-likeness (QED) is 0.889. The minimum absolute atomic E-state index is 0.188. The minimum Gasteiger partial charge on any atom is -0.480 e. The molecule has 1 rings (SSSR count). The van der Waals surface area contributed by atoms with Gasteiger partial charge in [0.1, 0.15) is 6.04 Å². The van der Waals surface area contributed by atoms with Crippen molar-refractivity contribution in [3.63, 3.8) is 0 Å². The Morgan fingerprint density at radius 1 is 1.44 bits per heavy atom. The first-order chi connectivity index (χ1) is 8.20. The van der Waals surface area contributed by atoms with Gasteiger partial charge in [0, 0.05) is 5.38 Å². The molecule has 100 valence electrons. The van der Waals surface area contributed by atoms with Crippen LogP contribution in [0.1, 0.15) is 22.3 Å². The lowest BCUT2D eigenvalue weighted by atomic mass is 10.1. The summed E-state index contributed by atoms with van der Waals surface area (Å²) in [6.07, 6.45) is -6.25. The van der Waals surface area contributed by atoms with Gasteiger partial charge in [-0.25, -0.2) is 4.79 Å². The number of aryl methyl sites for hydroxylation is 1. The molecular weight excluding hydrogens is 271 g/mol. The van der Waals surface area contributed by atoms with Crippen molar-refractivity contribution < 1.29 is 27.9 Å². The Morgan fingerprint density at radius 2 is 2.06 bits per heavy atom. The summed E-state index contributed by atoms with van der Waals surface area (Å²) >= 11 is 1.21. The number of carboxylic acids is 1. The number of nitrogens with one attached hydrogen (secondary N) is 1. The number of carbonyl (C=O) groups is 2. The lowest BCUT2D eigenvalue weighted by Gasteiger charge is -2.16. The number of halogens is 3. The first-order valence-corrected chi connectivity index (χ1v) is 5.78. The van der Waals surface area contributed by atoms with Crippen LogP contribution < -0.4 is 5.32 Å². The van der Waals surface area contributed by atoms with Crippen LogP contribution in [0.15, 0.2) is 10.8 Å². The van der Waals surface area contributed by atoms with Crippen LogP contribution in [0, 0.1) is 6.92 Å². The molecule has 4 nitrogen and oxygen atoms in total. The highest BCUT2D eigenvalue weighted by Gasteiger charge is 2.36. The molecule has 1 aromatic rings. The molecule has 0 radical (unpaired) electrons. The first kappa shape index (κ1) is 14.5. The molecular formula is C10H10F3NO3S. The maximum absolute atomic E-state index is 12.1. The standard InChI is InChI=1S/C10H10F3NO3S/c1-5-3-18-4-6(5)8(15)14-7(9(16)17)2-10(11,12)13/h3-4,7H,2H2,1H3,(H,14,15)(H,16,17). The Bertz CT molecular complexity index is 455. The smallest absolute Gasteiger partial charge is 0.391 e. The van der Waals surface area contributed by atoms with Crippen molar-refractivity contribution in [2.24, 2.45) is 0 Å². The summed E-state index contributed by atoms with van der Waals surface area (Å²) < 4.78 is 36.4. The molecule has 1 heterocycles. The minimum atomic E-state index is -4.65. The number of hydrogen-bond donors (Lipinski definition) is 2. The number of thiophene rings is 1. The Morgan fingerprint density at radius 3 is 2.44 bits per heavy atom. The number of amides is 1. The highest BCUT2D eigenvalue weighted by atomic mass is 32.1. The molecule has 0 saturated carbocycles. The number of hydrogen-bond acceptors (Lipinski definition) is 3. The van der Waals surface area contributed by atoms with E-state index in [2.05, 4.69) is 0 Å². The van der Waals surface area contributed by atoms with Crippen LogP contribution in [0.25, 0.3) is 0 Å². The summed E-state index contributed by atoms with van der Waals surface area (Å²) in [5, 5.41) is 13.6. The van der Waals surface area contributed by atoms with Crippen molar-refractivity contribution in [1.29, 1.82) is 0 Å². The Labute approximate surface area is 104 Å². The molecule has 0 fully saturated rings. The molecule has 0 aliphatic rings. The summed E-state index contributed by atoms with van der Waals surface area (Å²) in [6, 6.07) is -1.98. The molecule has 0 bridgehead atoms. The zero-order valence-electron chi connectivity index (χ0n) is 9.25. The van der Waals surface area contributed by atoms with E-state index >= 15 is 0 Å².